The Morgan fingerprint density at radius 3 is 1.81 bits per heavy atom. The monoisotopic (exact) mass is 436 g/mol. The Morgan fingerprint density at radius 1 is 0.710 bits per heavy atom. The molecule has 0 spiro atoms. The third kappa shape index (κ3) is 7.08. The molecule has 2 nitrogen and oxygen atoms in total. The summed E-state index contributed by atoms with van der Waals surface area (Å²) in [5.41, 5.74) is 0. The van der Waals surface area contributed by atoms with Gasteiger partial charge in [0, 0.05) is 0 Å². The smallest absolute Gasteiger partial charge is 0.204 e. The molecule has 1 aromatic rings. The molecule has 0 radical (unpaired) electrons. The van der Waals surface area contributed by atoms with Crippen LogP contribution in [0.25, 0.3) is 0 Å². The van der Waals surface area contributed by atoms with Gasteiger partial charge in [0.1, 0.15) is 0 Å². The minimum atomic E-state index is -0.944. The minimum Gasteiger partial charge on any atom is -0.490 e. The van der Waals surface area contributed by atoms with Crippen LogP contribution in [0.1, 0.15) is 97.3 Å². The average molecular weight is 437 g/mol. The number of hydrogen-bond acceptors (Lipinski definition) is 2. The van der Waals surface area contributed by atoms with Crippen LogP contribution in [-0.2, 0) is 0 Å². The van der Waals surface area contributed by atoms with Crippen LogP contribution in [-0.4, -0.2) is 13.2 Å². The van der Waals surface area contributed by atoms with E-state index >= 15 is 0 Å². The molecule has 3 rings (SSSR count). The quantitative estimate of drug-likeness (QED) is 0.325. The molecule has 31 heavy (non-hydrogen) atoms. The predicted molar refractivity (Wildman–Crippen MR) is 123 cm³/mol. The maximum Gasteiger partial charge on any atom is 0.204 e. The highest BCUT2D eigenvalue weighted by Crippen LogP contribution is 2.42. The van der Waals surface area contributed by atoms with Gasteiger partial charge in [0.15, 0.2) is 11.5 Å². The van der Waals surface area contributed by atoms with E-state index in [2.05, 4.69) is 6.92 Å². The van der Waals surface area contributed by atoms with E-state index in [1.165, 1.54) is 76.3 Å². The first kappa shape index (κ1) is 24.3. The van der Waals surface area contributed by atoms with Crippen molar-refractivity contribution in [1.82, 2.24) is 0 Å². The van der Waals surface area contributed by atoms with Crippen molar-refractivity contribution >= 4 is 0 Å². The topological polar surface area (TPSA) is 18.5 Å². The highest BCUT2D eigenvalue weighted by Gasteiger charge is 2.31. The summed E-state index contributed by atoms with van der Waals surface area (Å²) in [7, 11) is 0. The second kappa shape index (κ2) is 12.6. The molecule has 2 aliphatic rings. The first-order valence-electron chi connectivity index (χ1n) is 12.9. The normalized spacial score (nSPS) is 26.6. The second-order valence-corrected chi connectivity index (χ2v) is 9.91. The van der Waals surface area contributed by atoms with E-state index < -0.39 is 11.6 Å². The molecule has 2 fully saturated rings. The molecule has 4 heteroatoms. The number of halogens is 2. The first-order valence-corrected chi connectivity index (χ1v) is 12.9. The van der Waals surface area contributed by atoms with E-state index in [9.17, 15) is 8.78 Å². The van der Waals surface area contributed by atoms with Crippen molar-refractivity contribution in [2.75, 3.05) is 13.2 Å². The maximum atomic E-state index is 14.3. The lowest BCUT2D eigenvalue weighted by Gasteiger charge is -2.38. The Balaban J connectivity index is 1.38. The third-order valence-electron chi connectivity index (χ3n) is 7.61. The molecule has 0 bridgehead atoms. The Bertz CT molecular complexity index is 647. The molecular weight excluding hydrogens is 394 g/mol. The van der Waals surface area contributed by atoms with E-state index in [4.69, 9.17) is 9.47 Å². The summed E-state index contributed by atoms with van der Waals surface area (Å²) in [6, 6.07) is 2.97. The van der Waals surface area contributed by atoms with Gasteiger partial charge in [-0.25, -0.2) is 0 Å². The van der Waals surface area contributed by atoms with E-state index in [0.717, 1.165) is 37.0 Å². The van der Waals surface area contributed by atoms with Crippen LogP contribution in [0.4, 0.5) is 8.78 Å². The van der Waals surface area contributed by atoms with Crippen LogP contribution < -0.4 is 9.47 Å². The molecule has 0 heterocycles. The van der Waals surface area contributed by atoms with Crippen LogP contribution in [0.15, 0.2) is 12.1 Å². The lowest BCUT2D eigenvalue weighted by atomic mass is 9.69. The summed E-state index contributed by atoms with van der Waals surface area (Å²) in [6.07, 6.45) is 16.8. The number of rotatable bonds is 11. The highest BCUT2D eigenvalue weighted by molar-refractivity contribution is 5.35. The minimum absolute atomic E-state index is 0.00451. The number of hydrogen-bond donors (Lipinski definition) is 0. The van der Waals surface area contributed by atoms with E-state index in [0.29, 0.717) is 19.1 Å². The fraction of sp³-hybridized carbons (Fsp3) is 0.778. The van der Waals surface area contributed by atoms with Crippen molar-refractivity contribution < 1.29 is 18.3 Å². The van der Waals surface area contributed by atoms with E-state index in [1.807, 2.05) is 6.92 Å². The number of ether oxygens (including phenoxy) is 2. The maximum absolute atomic E-state index is 14.3. The van der Waals surface area contributed by atoms with Gasteiger partial charge < -0.3 is 9.47 Å². The molecule has 2 saturated carbocycles. The van der Waals surface area contributed by atoms with E-state index in [1.54, 1.807) is 0 Å². The molecule has 176 valence electrons. The molecule has 0 saturated heterocycles. The van der Waals surface area contributed by atoms with Crippen molar-refractivity contribution in [3.05, 3.63) is 23.8 Å². The lowest BCUT2D eigenvalue weighted by molar-refractivity contribution is 0.120. The Kier molecular flexibility index (Phi) is 9.93. The second-order valence-electron chi connectivity index (χ2n) is 9.91. The molecule has 0 amide bonds. The summed E-state index contributed by atoms with van der Waals surface area (Å²) in [5.74, 6) is 1.28. The zero-order chi connectivity index (χ0) is 22.1. The number of unbranched alkanes of at least 4 members (excludes halogenated alkanes) is 2. The Hall–Kier alpha value is -1.32. The Morgan fingerprint density at radius 2 is 1.26 bits per heavy atom. The van der Waals surface area contributed by atoms with Gasteiger partial charge in [0.25, 0.3) is 0 Å². The Labute approximate surface area is 188 Å². The van der Waals surface area contributed by atoms with Crippen molar-refractivity contribution in [1.29, 1.82) is 0 Å². The molecule has 0 aromatic heterocycles. The van der Waals surface area contributed by atoms with Crippen molar-refractivity contribution in [2.45, 2.75) is 97.3 Å². The highest BCUT2D eigenvalue weighted by atomic mass is 19.2. The fourth-order valence-electron chi connectivity index (χ4n) is 5.61. The fourth-order valence-corrected chi connectivity index (χ4v) is 5.61. The van der Waals surface area contributed by atoms with Crippen LogP contribution in [0, 0.1) is 35.3 Å². The summed E-state index contributed by atoms with van der Waals surface area (Å²) < 4.78 is 39.4. The summed E-state index contributed by atoms with van der Waals surface area (Å²) in [5, 5.41) is 0. The molecular formula is C27H42F2O2. The predicted octanol–water partition coefficient (Wildman–Crippen LogP) is 8.33. The SMILES string of the molecule is CCCCC[C@H]1CC[C@H](C2CCC(COc3ccc(OCCC)c(F)c3F)CC2)CC1. The van der Waals surface area contributed by atoms with Gasteiger partial charge in [0.2, 0.25) is 11.6 Å². The van der Waals surface area contributed by atoms with Gasteiger partial charge in [-0.2, -0.15) is 8.78 Å². The van der Waals surface area contributed by atoms with Gasteiger partial charge >= 0.3 is 0 Å². The van der Waals surface area contributed by atoms with Gasteiger partial charge in [-0.1, -0.05) is 52.4 Å². The molecule has 0 aliphatic heterocycles. The van der Waals surface area contributed by atoms with Crippen molar-refractivity contribution in [3.63, 3.8) is 0 Å². The first-order chi connectivity index (χ1) is 15.1. The van der Waals surface area contributed by atoms with Gasteiger partial charge in [-0.15, -0.1) is 0 Å². The zero-order valence-electron chi connectivity index (χ0n) is 19.6. The third-order valence-corrected chi connectivity index (χ3v) is 7.61. The molecule has 0 N–H and O–H groups in total. The summed E-state index contributed by atoms with van der Waals surface area (Å²) in [6.45, 7) is 5.06. The summed E-state index contributed by atoms with van der Waals surface area (Å²) in [4.78, 5) is 0. The van der Waals surface area contributed by atoms with Crippen LogP contribution in [0.5, 0.6) is 11.5 Å². The van der Waals surface area contributed by atoms with Gasteiger partial charge in [-0.05, 0) is 80.8 Å². The molecule has 1 aromatic carbocycles. The van der Waals surface area contributed by atoms with Crippen LogP contribution in [0.2, 0.25) is 0 Å². The molecule has 0 atom stereocenters. The van der Waals surface area contributed by atoms with Crippen molar-refractivity contribution in [2.24, 2.45) is 23.7 Å². The van der Waals surface area contributed by atoms with Gasteiger partial charge in [0.05, 0.1) is 13.2 Å². The lowest BCUT2D eigenvalue weighted by Crippen LogP contribution is -2.27. The zero-order valence-corrected chi connectivity index (χ0v) is 19.6. The van der Waals surface area contributed by atoms with E-state index in [-0.39, 0.29) is 11.5 Å². The molecule has 2 aliphatic carbocycles. The number of benzene rings is 1. The standard InChI is InChI=1S/C27H42F2O2/c1-3-5-6-7-20-8-12-22(13-9-20)23-14-10-21(11-15-23)19-31-25-17-16-24(30-18-4-2)26(28)27(25)29/h16-17,20-23H,3-15,18-19H2,1-2H3/t20-,21?,22-,23?. The van der Waals surface area contributed by atoms with Crippen LogP contribution >= 0.6 is 0 Å². The van der Waals surface area contributed by atoms with Crippen molar-refractivity contribution in [3.8, 4) is 11.5 Å². The average Bonchev–Trinajstić information content (AvgIpc) is 2.80. The van der Waals surface area contributed by atoms with Gasteiger partial charge in [-0.3, -0.25) is 0 Å². The molecule has 0 unspecified atom stereocenters. The van der Waals surface area contributed by atoms with Crippen LogP contribution in [0.3, 0.4) is 0 Å². The summed E-state index contributed by atoms with van der Waals surface area (Å²) >= 11 is 0. The largest absolute Gasteiger partial charge is 0.490 e.